The summed E-state index contributed by atoms with van der Waals surface area (Å²) in [6, 6.07) is 0. The molecule has 0 bridgehead atoms. The van der Waals surface area contributed by atoms with Crippen LogP contribution in [0.4, 0.5) is 0 Å². The lowest BCUT2D eigenvalue weighted by molar-refractivity contribution is -0.121. The van der Waals surface area contributed by atoms with E-state index in [1.807, 2.05) is 13.8 Å². The van der Waals surface area contributed by atoms with E-state index in [2.05, 4.69) is 13.8 Å². The lowest BCUT2D eigenvalue weighted by Gasteiger charge is -2.56. The highest BCUT2D eigenvalue weighted by Crippen LogP contribution is 2.60. The summed E-state index contributed by atoms with van der Waals surface area (Å²) in [5.41, 5.74) is 0.247. The van der Waals surface area contributed by atoms with Gasteiger partial charge in [-0.15, -0.1) is 11.6 Å². The van der Waals surface area contributed by atoms with Gasteiger partial charge in [0.1, 0.15) is 0 Å². The average molecular weight is 271 g/mol. The number of alkyl halides is 1. The molecular formula is C15H23ClO2. The third kappa shape index (κ3) is 1.94. The minimum Gasteiger partial charge on any atom is -0.389 e. The van der Waals surface area contributed by atoms with Crippen LogP contribution in [0.3, 0.4) is 0 Å². The maximum Gasteiger partial charge on any atom is 0.156 e. The first kappa shape index (κ1) is 14.1. The predicted octanol–water partition coefficient (Wildman–Crippen LogP) is 3.46. The summed E-state index contributed by atoms with van der Waals surface area (Å²) in [5, 5.41) is 10.00. The van der Waals surface area contributed by atoms with Gasteiger partial charge in [-0.05, 0) is 50.0 Å². The van der Waals surface area contributed by atoms with Gasteiger partial charge in [0.25, 0.3) is 0 Å². The van der Waals surface area contributed by atoms with Crippen LogP contribution in [0, 0.1) is 10.8 Å². The fraction of sp³-hybridized carbons (Fsp3) is 0.800. The Morgan fingerprint density at radius 2 is 1.94 bits per heavy atom. The fourth-order valence-electron chi connectivity index (χ4n) is 3.79. The van der Waals surface area contributed by atoms with Crippen LogP contribution in [0.1, 0.15) is 53.4 Å². The highest BCUT2D eigenvalue weighted by Gasteiger charge is 2.55. The molecule has 1 fully saturated rings. The minimum absolute atomic E-state index is 0.0322. The predicted molar refractivity (Wildman–Crippen MR) is 73.7 cm³/mol. The highest BCUT2D eigenvalue weighted by atomic mass is 35.5. The van der Waals surface area contributed by atoms with Crippen LogP contribution in [0.15, 0.2) is 11.6 Å². The Morgan fingerprint density at radius 3 is 2.44 bits per heavy atom. The zero-order valence-electron chi connectivity index (χ0n) is 11.7. The third-order valence-corrected chi connectivity index (χ3v) is 5.93. The highest BCUT2D eigenvalue weighted by molar-refractivity contribution is 6.21. The van der Waals surface area contributed by atoms with Gasteiger partial charge in [0.2, 0.25) is 0 Å². The number of hydrogen-bond acceptors (Lipinski definition) is 2. The van der Waals surface area contributed by atoms with Crippen molar-refractivity contribution in [2.75, 3.05) is 0 Å². The number of allylic oxidation sites excluding steroid dienone is 2. The summed E-state index contributed by atoms with van der Waals surface area (Å²) >= 11 is 6.40. The molecule has 3 unspecified atom stereocenters. The van der Waals surface area contributed by atoms with Crippen molar-refractivity contribution in [3.63, 3.8) is 0 Å². The van der Waals surface area contributed by atoms with Crippen molar-refractivity contribution >= 4 is 17.4 Å². The van der Waals surface area contributed by atoms with E-state index in [1.54, 1.807) is 6.08 Å². The first-order valence-electron chi connectivity index (χ1n) is 6.69. The van der Waals surface area contributed by atoms with Crippen LogP contribution in [-0.4, -0.2) is 21.9 Å². The van der Waals surface area contributed by atoms with Crippen molar-refractivity contribution in [3.8, 4) is 0 Å². The van der Waals surface area contributed by atoms with Crippen LogP contribution < -0.4 is 0 Å². The number of carbonyl (C=O) groups excluding carboxylic acids is 1. The van der Waals surface area contributed by atoms with E-state index in [9.17, 15) is 9.90 Å². The van der Waals surface area contributed by atoms with Gasteiger partial charge >= 0.3 is 0 Å². The molecular weight excluding hydrogens is 248 g/mol. The molecule has 0 heterocycles. The lowest BCUT2D eigenvalue weighted by atomic mass is 9.50. The van der Waals surface area contributed by atoms with Crippen molar-refractivity contribution in [2.45, 2.75) is 64.4 Å². The maximum absolute atomic E-state index is 11.8. The smallest absolute Gasteiger partial charge is 0.156 e. The first-order valence-corrected chi connectivity index (χ1v) is 7.12. The number of hydrogen-bond donors (Lipinski definition) is 1. The van der Waals surface area contributed by atoms with Crippen LogP contribution >= 0.6 is 11.6 Å². The summed E-state index contributed by atoms with van der Waals surface area (Å²) in [6.45, 7) is 8.18. The Balaban J connectivity index is 2.42. The van der Waals surface area contributed by atoms with E-state index in [0.29, 0.717) is 12.8 Å². The number of halogens is 1. The second-order valence-electron chi connectivity index (χ2n) is 6.97. The molecule has 1 spiro atoms. The van der Waals surface area contributed by atoms with E-state index in [-0.39, 0.29) is 22.0 Å². The van der Waals surface area contributed by atoms with Gasteiger partial charge in [-0.1, -0.05) is 19.4 Å². The Kier molecular flexibility index (Phi) is 3.19. The van der Waals surface area contributed by atoms with Crippen molar-refractivity contribution < 1.29 is 9.90 Å². The molecule has 2 aliphatic carbocycles. The molecule has 18 heavy (non-hydrogen) atoms. The molecule has 0 aliphatic heterocycles. The summed E-state index contributed by atoms with van der Waals surface area (Å²) in [4.78, 5) is 11.8. The first-order chi connectivity index (χ1) is 8.11. The van der Waals surface area contributed by atoms with Crippen LogP contribution in [0.25, 0.3) is 0 Å². The Hall–Kier alpha value is -0.340. The summed E-state index contributed by atoms with van der Waals surface area (Å²) in [7, 11) is 0. The lowest BCUT2D eigenvalue weighted by Crippen LogP contribution is -2.53. The van der Waals surface area contributed by atoms with Gasteiger partial charge in [-0.2, -0.15) is 0 Å². The van der Waals surface area contributed by atoms with E-state index in [1.165, 1.54) is 0 Å². The standard InChI is InChI=1S/C15H23ClO2/c1-10-7-11(17)8-13(2,3)15(10)6-5-14(4,18)12(16)9-15/h7,12,18H,5-6,8-9H2,1-4H3. The van der Waals surface area contributed by atoms with Crippen LogP contribution in [-0.2, 0) is 4.79 Å². The normalized spacial score (nSPS) is 44.0. The number of carbonyl (C=O) groups is 1. The van der Waals surface area contributed by atoms with E-state index < -0.39 is 5.60 Å². The van der Waals surface area contributed by atoms with E-state index >= 15 is 0 Å². The van der Waals surface area contributed by atoms with Gasteiger partial charge in [0.05, 0.1) is 11.0 Å². The molecule has 0 aromatic carbocycles. The number of rotatable bonds is 0. The summed E-state index contributed by atoms with van der Waals surface area (Å²) < 4.78 is 0. The Labute approximate surface area is 114 Å². The van der Waals surface area contributed by atoms with Gasteiger partial charge < -0.3 is 5.11 Å². The Bertz CT molecular complexity index is 409. The molecule has 3 atom stereocenters. The number of ketones is 1. The zero-order valence-corrected chi connectivity index (χ0v) is 12.5. The third-order valence-electron chi connectivity index (χ3n) is 5.30. The summed E-state index contributed by atoms with van der Waals surface area (Å²) in [5.74, 6) is 0.214. The quantitative estimate of drug-likeness (QED) is 0.685. The van der Waals surface area contributed by atoms with Gasteiger partial charge in [-0.25, -0.2) is 0 Å². The zero-order chi connectivity index (χ0) is 13.8. The molecule has 102 valence electrons. The van der Waals surface area contributed by atoms with Crippen LogP contribution in [0.2, 0.25) is 0 Å². The molecule has 1 saturated carbocycles. The molecule has 0 aromatic rings. The molecule has 0 amide bonds. The number of aliphatic hydroxyl groups is 1. The summed E-state index contributed by atoms with van der Waals surface area (Å²) in [6.07, 6.45) is 4.73. The van der Waals surface area contributed by atoms with Crippen molar-refractivity contribution in [2.24, 2.45) is 10.8 Å². The SMILES string of the molecule is CC1=CC(=O)CC(C)(C)C12CCC(C)(O)C(Cl)C2. The second-order valence-corrected chi connectivity index (χ2v) is 7.49. The fourth-order valence-corrected chi connectivity index (χ4v) is 4.17. The maximum atomic E-state index is 11.8. The van der Waals surface area contributed by atoms with Crippen molar-refractivity contribution in [3.05, 3.63) is 11.6 Å². The topological polar surface area (TPSA) is 37.3 Å². The Morgan fingerprint density at radius 1 is 1.33 bits per heavy atom. The molecule has 1 N–H and O–H groups in total. The second kappa shape index (κ2) is 4.08. The molecule has 2 rings (SSSR count). The molecule has 3 heteroatoms. The molecule has 0 saturated heterocycles. The van der Waals surface area contributed by atoms with Crippen molar-refractivity contribution in [1.29, 1.82) is 0 Å². The van der Waals surface area contributed by atoms with E-state index in [0.717, 1.165) is 18.4 Å². The molecule has 2 aliphatic rings. The minimum atomic E-state index is -0.787. The largest absolute Gasteiger partial charge is 0.389 e. The monoisotopic (exact) mass is 270 g/mol. The molecule has 0 radical (unpaired) electrons. The van der Waals surface area contributed by atoms with Crippen LogP contribution in [0.5, 0.6) is 0 Å². The van der Waals surface area contributed by atoms with Gasteiger partial charge in [0.15, 0.2) is 5.78 Å². The van der Waals surface area contributed by atoms with Gasteiger partial charge in [0, 0.05) is 6.42 Å². The average Bonchev–Trinajstić information content (AvgIpc) is 2.19. The molecule has 0 aromatic heterocycles. The molecule has 2 nitrogen and oxygen atoms in total. The van der Waals surface area contributed by atoms with Gasteiger partial charge in [-0.3, -0.25) is 4.79 Å². The van der Waals surface area contributed by atoms with E-state index in [4.69, 9.17) is 11.6 Å². The van der Waals surface area contributed by atoms with Crippen molar-refractivity contribution in [1.82, 2.24) is 0 Å².